The maximum absolute atomic E-state index is 14.6. The van der Waals surface area contributed by atoms with Crippen molar-refractivity contribution in [3.63, 3.8) is 0 Å². The quantitative estimate of drug-likeness (QED) is 0.138. The number of nitrogens with zero attached hydrogens (tertiary/aromatic N) is 1. The van der Waals surface area contributed by atoms with Gasteiger partial charge in [-0.25, -0.2) is 9.59 Å². The first-order valence-electron chi connectivity index (χ1n) is 16.3. The highest BCUT2D eigenvalue weighted by Gasteiger charge is 2.62. The van der Waals surface area contributed by atoms with E-state index in [4.69, 9.17) is 27.9 Å². The topological polar surface area (TPSA) is 128 Å². The number of amides is 1. The Hall–Kier alpha value is -4.57. The Morgan fingerprint density at radius 3 is 2.26 bits per heavy atom. The van der Waals surface area contributed by atoms with Crippen molar-refractivity contribution in [3.05, 3.63) is 123 Å². The first-order valence-corrected chi connectivity index (χ1v) is 17.1. The van der Waals surface area contributed by atoms with Gasteiger partial charge in [0.05, 0.1) is 30.0 Å². The Labute approximate surface area is 301 Å². The number of ether oxygens (including phenoxy) is 1. The number of carbonyl (C=O) groups excluding carboxylic acids is 1. The molecule has 4 N–H and O–H groups in total. The number of aromatic carboxylic acids is 2. The molecule has 9 nitrogen and oxygen atoms in total. The Balaban J connectivity index is 1.50. The summed E-state index contributed by atoms with van der Waals surface area (Å²) >= 11 is 13.8. The number of carboxylic acids is 2. The molecule has 0 bridgehead atoms. The molecule has 2 heterocycles. The number of hydrogen-bond donors (Lipinski definition) is 4. The molecule has 1 fully saturated rings. The summed E-state index contributed by atoms with van der Waals surface area (Å²) in [6.45, 7) is 7.53. The molecular weight excluding hydrogens is 677 g/mol. The van der Waals surface area contributed by atoms with Crippen LogP contribution in [0.15, 0.2) is 84.9 Å². The molecule has 0 aromatic heterocycles. The van der Waals surface area contributed by atoms with Crippen LogP contribution < -0.4 is 20.3 Å². The summed E-state index contributed by atoms with van der Waals surface area (Å²) in [7, 11) is 1.42. The zero-order valence-electron chi connectivity index (χ0n) is 28.2. The average molecular weight is 717 g/mol. The number of hydrogen-bond acceptors (Lipinski definition) is 6. The maximum Gasteiger partial charge on any atom is 0.335 e. The van der Waals surface area contributed by atoms with Gasteiger partial charge in [-0.2, -0.15) is 0 Å². The minimum Gasteiger partial charge on any atom is -0.495 e. The standard InChI is InChI=1S/C39H39Cl2N3O6/c1-38(2,3)19-32-39(21-44(30-16-14-25(40)18-27(30)39)20-22-9-11-23(12-10-22)36(46)47)33(26-7-5-6-8-28(26)41)34(43-32)35(45)42-29-15-13-24(37(48)49)17-31(29)50-4/h5-18,32-34,43H,19-21H2,1-4H3,(H,42,45)(H,46,47)(H,48,49)/t32-,33-,34+,39-/m0/s1. The number of carbonyl (C=O) groups is 3. The van der Waals surface area contributed by atoms with E-state index in [9.17, 15) is 24.6 Å². The second-order valence-electron chi connectivity index (χ2n) is 14.2. The number of halogens is 2. The predicted octanol–water partition coefficient (Wildman–Crippen LogP) is 7.86. The van der Waals surface area contributed by atoms with E-state index in [1.807, 2.05) is 54.6 Å². The zero-order chi connectivity index (χ0) is 36.0. The van der Waals surface area contributed by atoms with Gasteiger partial charge in [0.1, 0.15) is 5.75 Å². The minimum atomic E-state index is -1.11. The van der Waals surface area contributed by atoms with Crippen molar-refractivity contribution in [3.8, 4) is 5.75 Å². The molecule has 50 heavy (non-hydrogen) atoms. The Bertz CT molecular complexity index is 1960. The van der Waals surface area contributed by atoms with E-state index in [2.05, 4.69) is 36.3 Å². The highest BCUT2D eigenvalue weighted by molar-refractivity contribution is 6.31. The fourth-order valence-corrected chi connectivity index (χ4v) is 8.13. The van der Waals surface area contributed by atoms with Crippen molar-refractivity contribution in [2.24, 2.45) is 5.41 Å². The fourth-order valence-electron chi connectivity index (χ4n) is 7.70. The third-order valence-corrected chi connectivity index (χ3v) is 10.3. The predicted molar refractivity (Wildman–Crippen MR) is 195 cm³/mol. The van der Waals surface area contributed by atoms with Crippen molar-refractivity contribution in [1.29, 1.82) is 0 Å². The lowest BCUT2D eigenvalue weighted by Crippen LogP contribution is -2.48. The molecule has 4 aromatic rings. The van der Waals surface area contributed by atoms with Gasteiger partial charge in [-0.15, -0.1) is 0 Å². The molecule has 1 amide bonds. The van der Waals surface area contributed by atoms with E-state index in [0.717, 1.165) is 22.4 Å². The van der Waals surface area contributed by atoms with Gasteiger partial charge in [0.15, 0.2) is 0 Å². The molecule has 2 aliphatic rings. The summed E-state index contributed by atoms with van der Waals surface area (Å²) in [5.74, 6) is -2.65. The van der Waals surface area contributed by atoms with Crippen molar-refractivity contribution >= 4 is 52.4 Å². The molecule has 4 aromatic carbocycles. The van der Waals surface area contributed by atoms with Crippen LogP contribution in [0.2, 0.25) is 10.0 Å². The number of rotatable bonds is 9. The average Bonchev–Trinajstić information content (AvgIpc) is 3.54. The van der Waals surface area contributed by atoms with Crippen molar-refractivity contribution < 1.29 is 29.3 Å². The van der Waals surface area contributed by atoms with Crippen LogP contribution in [0.3, 0.4) is 0 Å². The van der Waals surface area contributed by atoms with E-state index in [-0.39, 0.29) is 34.2 Å². The van der Waals surface area contributed by atoms with Gasteiger partial charge in [-0.05, 0) is 83.1 Å². The van der Waals surface area contributed by atoms with E-state index in [0.29, 0.717) is 35.2 Å². The Kier molecular flexibility index (Phi) is 9.61. The van der Waals surface area contributed by atoms with Gasteiger partial charge in [0.25, 0.3) is 0 Å². The molecule has 260 valence electrons. The van der Waals surface area contributed by atoms with Crippen LogP contribution in [0.25, 0.3) is 0 Å². The van der Waals surface area contributed by atoms with Crippen LogP contribution in [0.5, 0.6) is 5.75 Å². The first-order chi connectivity index (χ1) is 23.7. The molecule has 1 saturated heterocycles. The first kappa shape index (κ1) is 35.3. The van der Waals surface area contributed by atoms with E-state index >= 15 is 0 Å². The third-order valence-electron chi connectivity index (χ3n) is 9.76. The fraction of sp³-hybridized carbons (Fsp3) is 0.308. The van der Waals surface area contributed by atoms with E-state index < -0.39 is 29.3 Å². The lowest BCUT2D eigenvalue weighted by atomic mass is 9.63. The molecular formula is C39H39Cl2N3O6. The van der Waals surface area contributed by atoms with Crippen molar-refractivity contribution in [2.75, 3.05) is 23.9 Å². The zero-order valence-corrected chi connectivity index (χ0v) is 29.7. The summed E-state index contributed by atoms with van der Waals surface area (Å²) in [5, 5.41) is 26.9. The lowest BCUT2D eigenvalue weighted by Gasteiger charge is -2.40. The molecule has 1 spiro atoms. The maximum atomic E-state index is 14.6. The SMILES string of the molecule is COc1cc(C(=O)O)ccc1NC(=O)[C@@H]1N[C@@H](CC(C)(C)C)[C@@]2(CN(Cc3ccc(C(=O)O)cc3)c3ccc(Cl)cc32)[C@H]1c1ccccc1Cl. The summed E-state index contributed by atoms with van der Waals surface area (Å²) in [6.07, 6.45) is 0.710. The monoisotopic (exact) mass is 715 g/mol. The highest BCUT2D eigenvalue weighted by Crippen LogP contribution is 2.59. The van der Waals surface area contributed by atoms with Crippen LogP contribution in [0.1, 0.15) is 70.5 Å². The largest absolute Gasteiger partial charge is 0.495 e. The molecule has 11 heteroatoms. The van der Waals surface area contributed by atoms with Gasteiger partial charge in [-0.1, -0.05) is 74.3 Å². The van der Waals surface area contributed by atoms with Crippen LogP contribution in [0, 0.1) is 5.41 Å². The number of nitrogens with one attached hydrogen (secondary N) is 2. The number of anilines is 2. The number of fused-ring (bicyclic) bond motifs is 2. The Morgan fingerprint density at radius 2 is 1.62 bits per heavy atom. The summed E-state index contributed by atoms with van der Waals surface area (Å²) in [6, 6.07) is 23.7. The molecule has 0 radical (unpaired) electrons. The number of benzene rings is 4. The van der Waals surface area contributed by atoms with E-state index in [1.54, 1.807) is 12.1 Å². The minimum absolute atomic E-state index is 0.0362. The van der Waals surface area contributed by atoms with Gasteiger partial charge in [0, 0.05) is 46.2 Å². The molecule has 4 atom stereocenters. The number of methoxy groups -OCH3 is 1. The molecule has 0 aliphatic carbocycles. The van der Waals surface area contributed by atoms with Gasteiger partial charge in [0.2, 0.25) is 5.91 Å². The molecule has 0 saturated carbocycles. The normalized spacial score (nSPS) is 21.2. The molecule has 6 rings (SSSR count). The van der Waals surface area contributed by atoms with E-state index in [1.165, 1.54) is 25.3 Å². The van der Waals surface area contributed by atoms with Gasteiger partial charge in [-0.3, -0.25) is 4.79 Å². The van der Waals surface area contributed by atoms with Crippen LogP contribution in [0.4, 0.5) is 11.4 Å². The number of carboxylic acid groups (broad SMARTS) is 2. The van der Waals surface area contributed by atoms with Crippen LogP contribution >= 0.6 is 23.2 Å². The van der Waals surface area contributed by atoms with Gasteiger partial charge < -0.3 is 30.5 Å². The molecule has 2 aliphatic heterocycles. The van der Waals surface area contributed by atoms with Crippen molar-refractivity contribution in [1.82, 2.24) is 5.32 Å². The van der Waals surface area contributed by atoms with Gasteiger partial charge >= 0.3 is 11.9 Å². The van der Waals surface area contributed by atoms with Crippen LogP contribution in [-0.2, 0) is 16.8 Å². The highest BCUT2D eigenvalue weighted by atomic mass is 35.5. The second kappa shape index (κ2) is 13.6. The summed E-state index contributed by atoms with van der Waals surface area (Å²) < 4.78 is 5.49. The lowest BCUT2D eigenvalue weighted by molar-refractivity contribution is -0.118. The Morgan fingerprint density at radius 1 is 0.940 bits per heavy atom. The summed E-state index contributed by atoms with van der Waals surface area (Å²) in [4.78, 5) is 40.1. The third kappa shape index (κ3) is 6.65. The molecule has 0 unspecified atom stereocenters. The van der Waals surface area contributed by atoms with Crippen LogP contribution in [-0.4, -0.2) is 53.8 Å². The second-order valence-corrected chi connectivity index (χ2v) is 15.1. The summed E-state index contributed by atoms with van der Waals surface area (Å²) in [5.41, 5.74) is 3.47. The smallest absolute Gasteiger partial charge is 0.335 e. The van der Waals surface area contributed by atoms with Crippen molar-refractivity contribution in [2.45, 2.75) is 57.2 Å².